The summed E-state index contributed by atoms with van der Waals surface area (Å²) in [5, 5.41) is 10.1. The van der Waals surface area contributed by atoms with Crippen molar-refractivity contribution >= 4 is 11.5 Å². The molecule has 0 unspecified atom stereocenters. The van der Waals surface area contributed by atoms with Crippen molar-refractivity contribution < 1.29 is 14.3 Å². The lowest BCUT2D eigenvalue weighted by atomic mass is 9.75. The minimum absolute atomic E-state index is 0.0665. The standard InChI is InChI=1S/C24H21N3O3/c1-14-4-2-5-16(10-14)27-18-6-3-7-19(28)23(18)22(17(12-25)24(27)26)15-8-9-20-21(11-15)30-13-29-20/h2,4-5,8-11,22H,3,6-7,13,26H2,1H3/t22-/m0/s1. The number of ether oxygens (including phenoxy) is 2. The molecule has 0 fully saturated rings. The van der Waals surface area contributed by atoms with E-state index >= 15 is 0 Å². The molecule has 6 heteroatoms. The number of anilines is 1. The summed E-state index contributed by atoms with van der Waals surface area (Å²) in [5.41, 5.74) is 11.3. The van der Waals surface area contributed by atoms with E-state index in [4.69, 9.17) is 15.2 Å². The fourth-order valence-electron chi connectivity index (χ4n) is 4.57. The number of carbonyl (C=O) groups excluding carboxylic acids is 1. The number of fused-ring (bicyclic) bond motifs is 1. The van der Waals surface area contributed by atoms with Gasteiger partial charge in [0.2, 0.25) is 6.79 Å². The topological polar surface area (TPSA) is 88.6 Å². The van der Waals surface area contributed by atoms with Crippen molar-refractivity contribution in [2.75, 3.05) is 11.7 Å². The molecule has 0 aromatic heterocycles. The zero-order valence-corrected chi connectivity index (χ0v) is 16.6. The summed E-state index contributed by atoms with van der Waals surface area (Å²) in [4.78, 5) is 15.0. The molecule has 0 saturated carbocycles. The van der Waals surface area contributed by atoms with E-state index < -0.39 is 5.92 Å². The summed E-state index contributed by atoms with van der Waals surface area (Å²) >= 11 is 0. The SMILES string of the molecule is Cc1cccc(N2C(N)=C(C#N)[C@H](c3ccc4c(c3)OCO4)C3=C2CCCC3=O)c1. The van der Waals surface area contributed by atoms with Crippen LogP contribution in [0, 0.1) is 18.3 Å². The lowest BCUT2D eigenvalue weighted by molar-refractivity contribution is -0.116. The number of carbonyl (C=O) groups is 1. The van der Waals surface area contributed by atoms with Gasteiger partial charge in [-0.25, -0.2) is 0 Å². The molecular weight excluding hydrogens is 378 g/mol. The highest BCUT2D eigenvalue weighted by Crippen LogP contribution is 2.47. The molecule has 5 rings (SSSR count). The Hall–Kier alpha value is -3.72. The van der Waals surface area contributed by atoms with Crippen molar-refractivity contribution in [1.29, 1.82) is 5.26 Å². The van der Waals surface area contributed by atoms with Crippen LogP contribution in [-0.2, 0) is 4.79 Å². The van der Waals surface area contributed by atoms with E-state index in [1.807, 2.05) is 54.3 Å². The number of hydrogen-bond acceptors (Lipinski definition) is 6. The van der Waals surface area contributed by atoms with E-state index in [-0.39, 0.29) is 12.6 Å². The van der Waals surface area contributed by atoms with E-state index in [1.165, 1.54) is 0 Å². The van der Waals surface area contributed by atoms with Crippen LogP contribution in [0.25, 0.3) is 0 Å². The average molecular weight is 399 g/mol. The van der Waals surface area contributed by atoms with Gasteiger partial charge in [-0.2, -0.15) is 5.26 Å². The molecule has 2 N–H and O–H groups in total. The lowest BCUT2D eigenvalue weighted by Gasteiger charge is -2.39. The third-order valence-electron chi connectivity index (χ3n) is 5.90. The average Bonchev–Trinajstić information content (AvgIpc) is 3.21. The largest absolute Gasteiger partial charge is 0.454 e. The Morgan fingerprint density at radius 2 is 1.97 bits per heavy atom. The summed E-state index contributed by atoms with van der Waals surface area (Å²) in [5.74, 6) is 1.22. The maximum Gasteiger partial charge on any atom is 0.231 e. The fraction of sp³-hybridized carbons (Fsp3) is 0.250. The van der Waals surface area contributed by atoms with Gasteiger partial charge in [-0.15, -0.1) is 0 Å². The molecule has 0 saturated heterocycles. The van der Waals surface area contributed by atoms with Gasteiger partial charge in [0.15, 0.2) is 17.3 Å². The summed E-state index contributed by atoms with van der Waals surface area (Å²) in [6.45, 7) is 2.18. The third kappa shape index (κ3) is 2.74. The van der Waals surface area contributed by atoms with Crippen molar-refractivity contribution in [3.63, 3.8) is 0 Å². The van der Waals surface area contributed by atoms with Gasteiger partial charge in [0.1, 0.15) is 5.82 Å². The molecule has 3 aliphatic rings. The summed E-state index contributed by atoms with van der Waals surface area (Å²) in [7, 11) is 0. The molecule has 30 heavy (non-hydrogen) atoms. The van der Waals surface area contributed by atoms with Gasteiger partial charge in [0.05, 0.1) is 17.6 Å². The van der Waals surface area contributed by atoms with Crippen LogP contribution in [0.5, 0.6) is 11.5 Å². The molecular formula is C24H21N3O3. The highest BCUT2D eigenvalue weighted by molar-refractivity contribution is 6.01. The number of aryl methyl sites for hydroxylation is 1. The Balaban J connectivity index is 1.73. The Morgan fingerprint density at radius 1 is 1.13 bits per heavy atom. The molecule has 1 atom stereocenters. The Bertz CT molecular complexity index is 1170. The van der Waals surface area contributed by atoms with Crippen LogP contribution in [0.2, 0.25) is 0 Å². The first kappa shape index (κ1) is 18.3. The second kappa shape index (κ2) is 6.96. The molecule has 2 aromatic rings. The van der Waals surface area contributed by atoms with Crippen LogP contribution in [0.15, 0.2) is 65.1 Å². The molecule has 6 nitrogen and oxygen atoms in total. The number of hydrogen-bond donors (Lipinski definition) is 1. The highest BCUT2D eigenvalue weighted by Gasteiger charge is 2.40. The minimum Gasteiger partial charge on any atom is -0.454 e. The van der Waals surface area contributed by atoms with Gasteiger partial charge in [-0.3, -0.25) is 9.69 Å². The number of nitrogens with two attached hydrogens (primary N) is 1. The molecule has 2 aromatic carbocycles. The van der Waals surface area contributed by atoms with Crippen molar-refractivity contribution in [3.05, 3.63) is 76.3 Å². The van der Waals surface area contributed by atoms with Crippen LogP contribution >= 0.6 is 0 Å². The van der Waals surface area contributed by atoms with Gasteiger partial charge in [0, 0.05) is 23.4 Å². The van der Waals surface area contributed by atoms with Gasteiger partial charge >= 0.3 is 0 Å². The maximum absolute atomic E-state index is 13.1. The van der Waals surface area contributed by atoms with Crippen molar-refractivity contribution in [2.45, 2.75) is 32.1 Å². The number of benzene rings is 2. The van der Waals surface area contributed by atoms with Crippen LogP contribution in [0.3, 0.4) is 0 Å². The number of nitriles is 1. The van der Waals surface area contributed by atoms with Gasteiger partial charge in [-0.1, -0.05) is 18.2 Å². The minimum atomic E-state index is -0.506. The molecule has 0 radical (unpaired) electrons. The van der Waals surface area contributed by atoms with E-state index in [1.54, 1.807) is 0 Å². The Morgan fingerprint density at radius 3 is 2.77 bits per heavy atom. The highest BCUT2D eigenvalue weighted by atomic mass is 16.7. The van der Waals surface area contributed by atoms with E-state index in [0.29, 0.717) is 34.9 Å². The lowest BCUT2D eigenvalue weighted by Crippen LogP contribution is -2.38. The first-order valence-corrected chi connectivity index (χ1v) is 10.0. The van der Waals surface area contributed by atoms with Crippen LogP contribution < -0.4 is 20.1 Å². The molecule has 0 spiro atoms. The monoisotopic (exact) mass is 399 g/mol. The van der Waals surface area contributed by atoms with Crippen LogP contribution in [0.1, 0.15) is 36.3 Å². The fourth-order valence-corrected chi connectivity index (χ4v) is 4.57. The van der Waals surface area contributed by atoms with Gasteiger partial charge < -0.3 is 15.2 Å². The zero-order valence-electron chi connectivity index (χ0n) is 16.6. The predicted molar refractivity (Wildman–Crippen MR) is 112 cm³/mol. The summed E-state index contributed by atoms with van der Waals surface area (Å²) < 4.78 is 10.9. The normalized spacial score (nSPS) is 20.3. The summed E-state index contributed by atoms with van der Waals surface area (Å²) in [6.07, 6.45) is 1.97. The summed E-state index contributed by atoms with van der Waals surface area (Å²) in [6, 6.07) is 15.8. The molecule has 0 amide bonds. The molecule has 1 aliphatic carbocycles. The first-order chi connectivity index (χ1) is 14.6. The van der Waals surface area contributed by atoms with Crippen LogP contribution in [-0.4, -0.2) is 12.6 Å². The number of nitrogens with zero attached hydrogens (tertiary/aromatic N) is 2. The molecule has 0 bridgehead atoms. The van der Waals surface area contributed by atoms with E-state index in [0.717, 1.165) is 35.4 Å². The van der Waals surface area contributed by atoms with E-state index in [9.17, 15) is 10.1 Å². The quantitative estimate of drug-likeness (QED) is 0.820. The van der Waals surface area contributed by atoms with E-state index in [2.05, 4.69) is 6.07 Å². The van der Waals surface area contributed by atoms with Gasteiger partial charge in [-0.05, 0) is 55.2 Å². The third-order valence-corrected chi connectivity index (χ3v) is 5.90. The first-order valence-electron chi connectivity index (χ1n) is 10.0. The Kier molecular flexibility index (Phi) is 4.25. The zero-order chi connectivity index (χ0) is 20.8. The predicted octanol–water partition coefficient (Wildman–Crippen LogP) is 4.03. The number of allylic oxidation sites excluding steroid dienone is 3. The second-order valence-corrected chi connectivity index (χ2v) is 7.77. The number of ketones is 1. The molecule has 150 valence electrons. The Labute approximate surface area is 174 Å². The smallest absolute Gasteiger partial charge is 0.231 e. The second-order valence-electron chi connectivity index (χ2n) is 7.77. The van der Waals surface area contributed by atoms with Gasteiger partial charge in [0.25, 0.3) is 0 Å². The van der Waals surface area contributed by atoms with Crippen LogP contribution in [0.4, 0.5) is 5.69 Å². The van der Waals surface area contributed by atoms with Crippen molar-refractivity contribution in [1.82, 2.24) is 0 Å². The number of Topliss-reactive ketones (excluding diaryl/α,β-unsaturated/α-hetero) is 1. The molecule has 2 heterocycles. The molecule has 2 aliphatic heterocycles. The number of rotatable bonds is 2. The van der Waals surface area contributed by atoms with Crippen molar-refractivity contribution in [2.24, 2.45) is 5.73 Å². The van der Waals surface area contributed by atoms with Crippen molar-refractivity contribution in [3.8, 4) is 17.6 Å². The maximum atomic E-state index is 13.1.